The van der Waals surface area contributed by atoms with Crippen molar-refractivity contribution in [2.75, 3.05) is 26.8 Å². The number of methoxy groups -OCH3 is 1. The van der Waals surface area contributed by atoms with Crippen LogP contribution in [0.25, 0.3) is 0 Å². The number of carboxylic acid groups (broad SMARTS) is 1. The summed E-state index contributed by atoms with van der Waals surface area (Å²) in [5, 5.41) is 33.8. The van der Waals surface area contributed by atoms with Crippen molar-refractivity contribution in [2.24, 2.45) is 5.92 Å². The highest BCUT2D eigenvalue weighted by Crippen LogP contribution is 2.41. The number of hydrogen-bond donors (Lipinski definition) is 2. The van der Waals surface area contributed by atoms with Crippen LogP contribution in [-0.4, -0.2) is 64.9 Å². The molecular formula is C26H30ClF2N3O6. The highest BCUT2D eigenvalue weighted by atomic mass is 35.5. The molecule has 12 heteroatoms. The molecule has 0 bridgehead atoms. The predicted octanol–water partition coefficient (Wildman–Crippen LogP) is 3.21. The van der Waals surface area contributed by atoms with Crippen LogP contribution in [-0.2, 0) is 28.1 Å². The van der Waals surface area contributed by atoms with E-state index < -0.39 is 35.2 Å². The molecule has 2 aromatic rings. The minimum absolute atomic E-state index is 0.00102. The predicted molar refractivity (Wildman–Crippen MR) is 132 cm³/mol. The van der Waals surface area contributed by atoms with Gasteiger partial charge in [0.2, 0.25) is 5.91 Å². The molecule has 2 atom stereocenters. The SMILES string of the molecule is COCCCc1cc(CN(C(=O)[C@H]2CN(C(=O)O)CC[C@]2(O)c2ccc(F)c(F)c2)C2CC2)c(Cl)c[n+]1[O-]. The number of carbonyl (C=O) groups is 2. The van der Waals surface area contributed by atoms with Gasteiger partial charge in [0.15, 0.2) is 23.5 Å². The second kappa shape index (κ2) is 11.4. The minimum Gasteiger partial charge on any atom is -0.618 e. The zero-order valence-electron chi connectivity index (χ0n) is 20.9. The van der Waals surface area contributed by atoms with E-state index in [4.69, 9.17) is 16.3 Å². The van der Waals surface area contributed by atoms with Gasteiger partial charge in [-0.1, -0.05) is 17.7 Å². The summed E-state index contributed by atoms with van der Waals surface area (Å²) in [4.78, 5) is 28.3. The van der Waals surface area contributed by atoms with E-state index >= 15 is 0 Å². The third-order valence-electron chi connectivity index (χ3n) is 7.28. The van der Waals surface area contributed by atoms with Crippen molar-refractivity contribution in [3.63, 3.8) is 0 Å². The summed E-state index contributed by atoms with van der Waals surface area (Å²) in [7, 11) is 1.57. The summed E-state index contributed by atoms with van der Waals surface area (Å²) in [6.45, 7) is 0.0992. The molecule has 1 aromatic carbocycles. The third kappa shape index (κ3) is 5.84. The van der Waals surface area contributed by atoms with Gasteiger partial charge in [-0.05, 0) is 43.4 Å². The van der Waals surface area contributed by atoms with Crippen molar-refractivity contribution in [2.45, 2.75) is 50.3 Å². The minimum atomic E-state index is -1.92. The van der Waals surface area contributed by atoms with Crippen LogP contribution in [0.15, 0.2) is 30.5 Å². The smallest absolute Gasteiger partial charge is 0.407 e. The fourth-order valence-corrected chi connectivity index (χ4v) is 5.17. The van der Waals surface area contributed by atoms with Crippen LogP contribution >= 0.6 is 11.6 Å². The molecule has 0 unspecified atom stereocenters. The van der Waals surface area contributed by atoms with Gasteiger partial charge in [-0.15, -0.1) is 0 Å². The van der Waals surface area contributed by atoms with Crippen LogP contribution in [0.5, 0.6) is 0 Å². The molecule has 1 saturated carbocycles. The maximum absolute atomic E-state index is 14.1. The molecule has 1 saturated heterocycles. The summed E-state index contributed by atoms with van der Waals surface area (Å²) >= 11 is 6.38. The molecular weight excluding hydrogens is 524 g/mol. The molecule has 2 N–H and O–H groups in total. The summed E-state index contributed by atoms with van der Waals surface area (Å²) < 4.78 is 33.5. The van der Waals surface area contributed by atoms with Crippen molar-refractivity contribution in [3.05, 3.63) is 69.1 Å². The number of aryl methyl sites for hydroxylation is 1. The van der Waals surface area contributed by atoms with Crippen molar-refractivity contribution in [1.29, 1.82) is 0 Å². The van der Waals surface area contributed by atoms with E-state index in [0.717, 1.165) is 17.0 Å². The fourth-order valence-electron chi connectivity index (χ4n) is 4.97. The Labute approximate surface area is 223 Å². The number of amides is 2. The molecule has 1 aromatic heterocycles. The number of pyridine rings is 1. The lowest BCUT2D eigenvalue weighted by atomic mass is 9.75. The molecule has 2 aliphatic rings. The fraction of sp³-hybridized carbons (Fsp3) is 0.500. The number of likely N-dealkylation sites (tertiary alicyclic amines) is 1. The Balaban J connectivity index is 1.67. The van der Waals surface area contributed by atoms with E-state index in [-0.39, 0.29) is 42.7 Å². The first kappa shape index (κ1) is 28.0. The van der Waals surface area contributed by atoms with Gasteiger partial charge >= 0.3 is 6.09 Å². The first-order chi connectivity index (χ1) is 18.0. The molecule has 1 aliphatic carbocycles. The van der Waals surface area contributed by atoms with Crippen LogP contribution in [0.2, 0.25) is 5.02 Å². The Morgan fingerprint density at radius 2 is 2.03 bits per heavy atom. The zero-order valence-corrected chi connectivity index (χ0v) is 21.7. The molecule has 9 nitrogen and oxygen atoms in total. The number of aliphatic hydroxyl groups is 1. The lowest BCUT2D eigenvalue weighted by molar-refractivity contribution is -0.614. The Bertz CT molecular complexity index is 1210. The number of halogens is 3. The van der Waals surface area contributed by atoms with Crippen molar-refractivity contribution in [3.8, 4) is 0 Å². The van der Waals surface area contributed by atoms with Gasteiger partial charge in [0.25, 0.3) is 0 Å². The van der Waals surface area contributed by atoms with Gasteiger partial charge in [-0.25, -0.2) is 13.6 Å². The third-order valence-corrected chi connectivity index (χ3v) is 7.62. The van der Waals surface area contributed by atoms with Gasteiger partial charge < -0.3 is 30.0 Å². The van der Waals surface area contributed by atoms with Gasteiger partial charge in [0, 0.05) is 57.4 Å². The summed E-state index contributed by atoms with van der Waals surface area (Å²) in [6, 6.07) is 4.41. The highest BCUT2D eigenvalue weighted by molar-refractivity contribution is 6.31. The lowest BCUT2D eigenvalue weighted by Gasteiger charge is -2.45. The van der Waals surface area contributed by atoms with Crippen LogP contribution in [0.1, 0.15) is 42.5 Å². The average Bonchev–Trinajstić information content (AvgIpc) is 3.71. The molecule has 4 rings (SSSR count). The van der Waals surface area contributed by atoms with E-state index in [1.807, 2.05) is 0 Å². The molecule has 2 amide bonds. The van der Waals surface area contributed by atoms with E-state index in [0.29, 0.717) is 48.3 Å². The second-order valence-electron chi connectivity index (χ2n) is 9.84. The summed E-state index contributed by atoms with van der Waals surface area (Å²) in [5.74, 6) is -4.07. The van der Waals surface area contributed by atoms with Crippen molar-refractivity contribution < 1.29 is 38.1 Å². The van der Waals surface area contributed by atoms with Gasteiger partial charge in [0.1, 0.15) is 10.6 Å². The van der Waals surface area contributed by atoms with Gasteiger partial charge in [0.05, 0.1) is 5.92 Å². The first-order valence-electron chi connectivity index (χ1n) is 12.4. The lowest BCUT2D eigenvalue weighted by Crippen LogP contribution is -2.57. The Kier molecular flexibility index (Phi) is 8.39. The van der Waals surface area contributed by atoms with Crippen molar-refractivity contribution >= 4 is 23.6 Å². The molecule has 2 heterocycles. The standard InChI is InChI=1S/C26H30ClF2N3O6/c1-38-10-2-3-19-11-16(21(27)15-32(19)37)13-31(18-5-6-18)24(33)20-14-30(25(34)35)9-8-26(20,36)17-4-7-22(28)23(29)12-17/h4,7,11-12,15,18,20,36H,2-3,5-6,8-10,13-14H2,1H3,(H,34,35)/t20-,26+/m1/s1. The van der Waals surface area contributed by atoms with E-state index in [1.54, 1.807) is 13.2 Å². The van der Waals surface area contributed by atoms with Crippen molar-refractivity contribution in [1.82, 2.24) is 9.80 Å². The molecule has 206 valence electrons. The summed E-state index contributed by atoms with van der Waals surface area (Å²) in [5.41, 5.74) is -0.929. The molecule has 0 spiro atoms. The normalized spacial score (nSPS) is 21.4. The number of rotatable bonds is 9. The van der Waals surface area contributed by atoms with Crippen LogP contribution in [0.4, 0.5) is 13.6 Å². The number of piperidine rings is 1. The molecule has 0 radical (unpaired) electrons. The van der Waals surface area contributed by atoms with Gasteiger partial charge in [-0.3, -0.25) is 4.79 Å². The van der Waals surface area contributed by atoms with E-state index in [9.17, 15) is 33.8 Å². The topological polar surface area (TPSA) is 117 Å². The summed E-state index contributed by atoms with van der Waals surface area (Å²) in [6.07, 6.45) is 2.27. The Morgan fingerprint density at radius 3 is 2.66 bits per heavy atom. The highest BCUT2D eigenvalue weighted by Gasteiger charge is 2.51. The monoisotopic (exact) mass is 553 g/mol. The second-order valence-corrected chi connectivity index (χ2v) is 10.2. The zero-order chi connectivity index (χ0) is 27.6. The van der Waals surface area contributed by atoms with Crippen LogP contribution < -0.4 is 4.73 Å². The number of aromatic nitrogens is 1. The number of benzene rings is 1. The molecule has 1 aliphatic heterocycles. The Morgan fingerprint density at radius 1 is 1.29 bits per heavy atom. The maximum atomic E-state index is 14.1. The first-order valence-corrected chi connectivity index (χ1v) is 12.8. The largest absolute Gasteiger partial charge is 0.618 e. The number of nitrogens with zero attached hydrogens (tertiary/aromatic N) is 3. The number of ether oxygens (including phenoxy) is 1. The van der Waals surface area contributed by atoms with E-state index in [1.165, 1.54) is 17.2 Å². The average molecular weight is 554 g/mol. The van der Waals surface area contributed by atoms with Crippen LogP contribution in [0.3, 0.4) is 0 Å². The van der Waals surface area contributed by atoms with E-state index in [2.05, 4.69) is 0 Å². The number of hydrogen-bond acceptors (Lipinski definition) is 5. The molecule has 38 heavy (non-hydrogen) atoms. The quantitative estimate of drug-likeness (QED) is 0.280. The maximum Gasteiger partial charge on any atom is 0.407 e. The Hall–Kier alpha value is -3.02. The van der Waals surface area contributed by atoms with Gasteiger partial charge in [-0.2, -0.15) is 4.73 Å². The molecule has 2 fully saturated rings. The van der Waals surface area contributed by atoms with Crippen LogP contribution in [0, 0.1) is 22.8 Å². The number of carbonyl (C=O) groups excluding carboxylic acids is 1.